The third-order valence-electron chi connectivity index (χ3n) is 2.13. The molecule has 0 amide bonds. The lowest BCUT2D eigenvalue weighted by atomic mass is 10.2. The minimum atomic E-state index is -0.758. The number of benzene rings is 1. The molecule has 2 rings (SSSR count). The van der Waals surface area contributed by atoms with Gasteiger partial charge >= 0.3 is 0 Å². The number of methoxy groups -OCH3 is 1. The summed E-state index contributed by atoms with van der Waals surface area (Å²) < 4.78 is 10.00. The van der Waals surface area contributed by atoms with E-state index >= 15 is 0 Å². The third kappa shape index (κ3) is 2.04. The Balaban J connectivity index is 2.34. The molecule has 0 aliphatic rings. The van der Waals surface area contributed by atoms with E-state index in [1.165, 1.54) is 0 Å². The molecule has 0 radical (unpaired) electrons. The van der Waals surface area contributed by atoms with E-state index < -0.39 is 6.10 Å². The smallest absolute Gasteiger partial charge is 0.255 e. The quantitative estimate of drug-likeness (QED) is 0.854. The van der Waals surface area contributed by atoms with Crippen LogP contribution in [-0.2, 0) is 0 Å². The molecule has 0 saturated carbocycles. The predicted octanol–water partition coefficient (Wildman–Crippen LogP) is 1.80. The fraction of sp³-hybridized carbons (Fsp3) is 0.273. The minimum Gasteiger partial charge on any atom is -0.497 e. The van der Waals surface area contributed by atoms with Crippen molar-refractivity contribution >= 4 is 0 Å². The van der Waals surface area contributed by atoms with Crippen LogP contribution in [0.2, 0.25) is 0 Å². The standard InChI is InChI=1S/C11H12N2O3/c1-7(14)11-12-10(13-16-11)8-4-3-5-9(6-8)15-2/h3-7,14H,1-2H3. The lowest BCUT2D eigenvalue weighted by Gasteiger charge is -1.99. The molecule has 16 heavy (non-hydrogen) atoms. The molecule has 1 heterocycles. The van der Waals surface area contributed by atoms with Gasteiger partial charge in [-0.3, -0.25) is 0 Å². The van der Waals surface area contributed by atoms with Gasteiger partial charge in [-0.15, -0.1) is 0 Å². The summed E-state index contributed by atoms with van der Waals surface area (Å²) in [6, 6.07) is 7.32. The maximum absolute atomic E-state index is 9.26. The molecule has 1 aromatic carbocycles. The lowest BCUT2D eigenvalue weighted by Crippen LogP contribution is -1.90. The van der Waals surface area contributed by atoms with Crippen LogP contribution in [0.25, 0.3) is 11.4 Å². The highest BCUT2D eigenvalue weighted by Crippen LogP contribution is 2.22. The Morgan fingerprint density at radius 1 is 1.44 bits per heavy atom. The summed E-state index contributed by atoms with van der Waals surface area (Å²) in [5, 5.41) is 13.0. The maximum Gasteiger partial charge on any atom is 0.255 e. The molecule has 1 aromatic heterocycles. The first kappa shape index (κ1) is 10.6. The highest BCUT2D eigenvalue weighted by molar-refractivity contribution is 5.56. The van der Waals surface area contributed by atoms with Crippen molar-refractivity contribution in [2.24, 2.45) is 0 Å². The number of aliphatic hydroxyl groups excluding tert-OH is 1. The Labute approximate surface area is 92.7 Å². The first-order valence-electron chi connectivity index (χ1n) is 4.87. The molecule has 0 aliphatic carbocycles. The molecule has 1 atom stereocenters. The second-order valence-electron chi connectivity index (χ2n) is 3.36. The molecular formula is C11H12N2O3. The van der Waals surface area contributed by atoms with Crippen molar-refractivity contribution in [1.29, 1.82) is 0 Å². The van der Waals surface area contributed by atoms with E-state index in [0.717, 1.165) is 11.3 Å². The first-order valence-corrected chi connectivity index (χ1v) is 4.87. The average molecular weight is 220 g/mol. The van der Waals surface area contributed by atoms with Gasteiger partial charge in [-0.05, 0) is 19.1 Å². The van der Waals surface area contributed by atoms with E-state index in [2.05, 4.69) is 10.1 Å². The average Bonchev–Trinajstić information content (AvgIpc) is 2.78. The van der Waals surface area contributed by atoms with Gasteiger partial charge in [0.1, 0.15) is 11.9 Å². The van der Waals surface area contributed by atoms with Crippen LogP contribution < -0.4 is 4.74 Å². The van der Waals surface area contributed by atoms with Crippen LogP contribution in [0, 0.1) is 0 Å². The van der Waals surface area contributed by atoms with Crippen molar-refractivity contribution in [3.63, 3.8) is 0 Å². The maximum atomic E-state index is 9.26. The number of ether oxygens (including phenoxy) is 1. The lowest BCUT2D eigenvalue weighted by molar-refractivity contribution is 0.152. The van der Waals surface area contributed by atoms with Crippen LogP contribution in [0.1, 0.15) is 18.9 Å². The van der Waals surface area contributed by atoms with Gasteiger partial charge < -0.3 is 14.4 Å². The van der Waals surface area contributed by atoms with E-state index in [1.54, 1.807) is 20.1 Å². The minimum absolute atomic E-state index is 0.206. The molecule has 5 nitrogen and oxygen atoms in total. The summed E-state index contributed by atoms with van der Waals surface area (Å²) in [4.78, 5) is 4.07. The van der Waals surface area contributed by atoms with Crippen molar-refractivity contribution in [2.45, 2.75) is 13.0 Å². The molecule has 0 aliphatic heterocycles. The molecule has 0 fully saturated rings. The van der Waals surface area contributed by atoms with Crippen LogP contribution >= 0.6 is 0 Å². The number of nitrogens with zero attached hydrogens (tertiary/aromatic N) is 2. The SMILES string of the molecule is COc1cccc(-c2noc(C(C)O)n2)c1. The van der Waals surface area contributed by atoms with E-state index in [4.69, 9.17) is 9.26 Å². The molecule has 0 saturated heterocycles. The summed E-state index contributed by atoms with van der Waals surface area (Å²) in [7, 11) is 1.59. The highest BCUT2D eigenvalue weighted by Gasteiger charge is 2.12. The number of hydrogen-bond acceptors (Lipinski definition) is 5. The number of aromatic nitrogens is 2. The number of aliphatic hydroxyl groups is 1. The van der Waals surface area contributed by atoms with E-state index in [1.807, 2.05) is 18.2 Å². The summed E-state index contributed by atoms with van der Waals surface area (Å²) in [5.41, 5.74) is 0.787. The van der Waals surface area contributed by atoms with Gasteiger partial charge in [-0.2, -0.15) is 4.98 Å². The summed E-state index contributed by atoms with van der Waals surface area (Å²) >= 11 is 0. The van der Waals surface area contributed by atoms with Gasteiger partial charge in [-0.25, -0.2) is 0 Å². The van der Waals surface area contributed by atoms with Crippen molar-refractivity contribution in [2.75, 3.05) is 7.11 Å². The van der Waals surface area contributed by atoms with Crippen LogP contribution in [0.3, 0.4) is 0 Å². The molecule has 5 heteroatoms. The van der Waals surface area contributed by atoms with Gasteiger partial charge in [0.2, 0.25) is 5.82 Å². The van der Waals surface area contributed by atoms with Crippen molar-refractivity contribution in [3.8, 4) is 17.1 Å². The van der Waals surface area contributed by atoms with Crippen LogP contribution in [0.15, 0.2) is 28.8 Å². The van der Waals surface area contributed by atoms with Crippen LogP contribution in [0.4, 0.5) is 0 Å². The largest absolute Gasteiger partial charge is 0.497 e. The molecule has 1 N–H and O–H groups in total. The molecule has 84 valence electrons. The third-order valence-corrected chi connectivity index (χ3v) is 2.13. The second kappa shape index (κ2) is 4.32. The fourth-order valence-electron chi connectivity index (χ4n) is 1.28. The Hall–Kier alpha value is -1.88. The molecular weight excluding hydrogens is 208 g/mol. The van der Waals surface area contributed by atoms with Crippen LogP contribution in [0.5, 0.6) is 5.75 Å². The van der Waals surface area contributed by atoms with Gasteiger partial charge in [0.05, 0.1) is 7.11 Å². The Bertz CT molecular complexity index is 480. The number of rotatable bonds is 3. The normalized spacial score (nSPS) is 12.4. The van der Waals surface area contributed by atoms with Gasteiger partial charge in [-0.1, -0.05) is 17.3 Å². The van der Waals surface area contributed by atoms with E-state index in [9.17, 15) is 5.11 Å². The predicted molar refractivity (Wildman–Crippen MR) is 56.9 cm³/mol. The second-order valence-corrected chi connectivity index (χ2v) is 3.36. The van der Waals surface area contributed by atoms with Crippen molar-refractivity contribution < 1.29 is 14.4 Å². The van der Waals surface area contributed by atoms with Gasteiger partial charge in [0, 0.05) is 5.56 Å². The summed E-state index contributed by atoms with van der Waals surface area (Å²) in [6.07, 6.45) is -0.758. The van der Waals surface area contributed by atoms with Gasteiger partial charge in [0.15, 0.2) is 0 Å². The zero-order valence-corrected chi connectivity index (χ0v) is 9.04. The zero-order valence-electron chi connectivity index (χ0n) is 9.04. The van der Waals surface area contributed by atoms with Gasteiger partial charge in [0.25, 0.3) is 5.89 Å². The monoisotopic (exact) mass is 220 g/mol. The zero-order chi connectivity index (χ0) is 11.5. The summed E-state index contributed by atoms with van der Waals surface area (Å²) in [6.45, 7) is 1.57. The topological polar surface area (TPSA) is 68.4 Å². The molecule has 0 bridgehead atoms. The fourth-order valence-corrected chi connectivity index (χ4v) is 1.28. The summed E-state index contributed by atoms with van der Waals surface area (Å²) in [5.74, 6) is 1.37. The van der Waals surface area contributed by atoms with Crippen molar-refractivity contribution in [1.82, 2.24) is 10.1 Å². The number of hydrogen-bond donors (Lipinski definition) is 1. The molecule has 0 spiro atoms. The Morgan fingerprint density at radius 3 is 2.88 bits per heavy atom. The van der Waals surface area contributed by atoms with E-state index in [-0.39, 0.29) is 5.89 Å². The van der Waals surface area contributed by atoms with Crippen molar-refractivity contribution in [3.05, 3.63) is 30.2 Å². The first-order chi connectivity index (χ1) is 7.70. The molecule has 1 unspecified atom stereocenters. The van der Waals surface area contributed by atoms with E-state index in [0.29, 0.717) is 5.82 Å². The molecule has 2 aromatic rings. The van der Waals surface area contributed by atoms with Crippen LogP contribution in [-0.4, -0.2) is 22.4 Å². The highest BCUT2D eigenvalue weighted by atomic mass is 16.5. The Morgan fingerprint density at radius 2 is 2.25 bits per heavy atom. The Kier molecular flexibility index (Phi) is 2.87.